The summed E-state index contributed by atoms with van der Waals surface area (Å²) >= 11 is 0. The number of urea groups is 2. The van der Waals surface area contributed by atoms with E-state index >= 15 is 0 Å². The lowest BCUT2D eigenvalue weighted by Crippen LogP contribution is -2.55. The van der Waals surface area contributed by atoms with Gasteiger partial charge >= 0.3 is 12.1 Å². The summed E-state index contributed by atoms with van der Waals surface area (Å²) in [6.45, 7) is 14.8. The number of benzene rings is 2. The van der Waals surface area contributed by atoms with Crippen LogP contribution in [-0.2, 0) is 14.3 Å². The van der Waals surface area contributed by atoms with Gasteiger partial charge in [-0.2, -0.15) is 0 Å². The summed E-state index contributed by atoms with van der Waals surface area (Å²) in [5.74, 6) is 1.37. The van der Waals surface area contributed by atoms with Gasteiger partial charge in [0.1, 0.15) is 11.5 Å². The topological polar surface area (TPSA) is 133 Å². The molecule has 0 aromatic heterocycles. The molecule has 3 aliphatic heterocycles. The largest absolute Gasteiger partial charge is 0.497 e. The summed E-state index contributed by atoms with van der Waals surface area (Å²) in [6, 6.07) is 11.5. The molecule has 0 bridgehead atoms. The number of piperazine rings is 1. The molecule has 274 valence electrons. The zero-order chi connectivity index (χ0) is 36.0. The number of carbonyl (C=O) groups is 4. The molecule has 2 aromatic rings. The second-order valence-electron chi connectivity index (χ2n) is 13.0. The van der Waals surface area contributed by atoms with E-state index < -0.39 is 0 Å². The number of anilines is 1. The van der Waals surface area contributed by atoms with E-state index in [0.717, 1.165) is 56.0 Å². The lowest BCUT2D eigenvalue weighted by molar-refractivity contribution is -0.132. The summed E-state index contributed by atoms with van der Waals surface area (Å²) in [5, 5.41) is 5.76. The van der Waals surface area contributed by atoms with Crippen molar-refractivity contribution in [2.45, 2.75) is 65.5 Å². The first kappa shape index (κ1) is 38.4. The quantitative estimate of drug-likeness (QED) is 0.374. The number of hydrogen-bond acceptors (Lipinski definition) is 8. The number of nitrogens with zero attached hydrogens (tertiary/aromatic N) is 4. The third-order valence-corrected chi connectivity index (χ3v) is 9.67. The van der Waals surface area contributed by atoms with E-state index in [4.69, 9.17) is 14.2 Å². The summed E-state index contributed by atoms with van der Waals surface area (Å²) < 4.78 is 15.5. The SMILES string of the molecule is CCN(C(=O)Nc1ccc(OC)cc1)C1CCN(C(=O)NCC(=O)N2CCN(C3CCOCC3)CC2)CC1.Cc1cc(C)c(OC=O)c(C)c1. The molecule has 13 heteroatoms. The fourth-order valence-electron chi connectivity index (χ4n) is 6.98. The van der Waals surface area contributed by atoms with E-state index in [1.54, 1.807) is 24.1 Å². The number of rotatable bonds is 9. The minimum absolute atomic E-state index is 0.0153. The second-order valence-corrected chi connectivity index (χ2v) is 13.0. The minimum Gasteiger partial charge on any atom is -0.497 e. The normalized spacial score (nSPS) is 17.2. The lowest BCUT2D eigenvalue weighted by atomic mass is 10.0. The molecular formula is C37H54N6O7. The Hall–Kier alpha value is -4.36. The van der Waals surface area contributed by atoms with Crippen LogP contribution in [0.3, 0.4) is 0 Å². The molecule has 3 saturated heterocycles. The van der Waals surface area contributed by atoms with Crippen molar-refractivity contribution >= 4 is 30.1 Å². The number of likely N-dealkylation sites (tertiary alicyclic amines) is 1. The van der Waals surface area contributed by atoms with Gasteiger partial charge in [0.25, 0.3) is 6.47 Å². The molecule has 0 saturated carbocycles. The van der Waals surface area contributed by atoms with Crippen molar-refractivity contribution in [3.63, 3.8) is 0 Å². The molecule has 5 rings (SSSR count). The maximum atomic E-state index is 12.9. The molecule has 2 aromatic carbocycles. The van der Waals surface area contributed by atoms with Gasteiger partial charge < -0.3 is 39.5 Å². The van der Waals surface area contributed by atoms with Gasteiger partial charge in [0.05, 0.1) is 13.7 Å². The Morgan fingerprint density at radius 1 is 0.900 bits per heavy atom. The number of ether oxygens (including phenoxy) is 3. The molecule has 50 heavy (non-hydrogen) atoms. The van der Waals surface area contributed by atoms with Gasteiger partial charge in [-0.3, -0.25) is 14.5 Å². The Balaban J connectivity index is 0.000000396. The van der Waals surface area contributed by atoms with Crippen LogP contribution in [0.1, 0.15) is 49.3 Å². The van der Waals surface area contributed by atoms with Crippen LogP contribution in [-0.4, -0.2) is 129 Å². The highest BCUT2D eigenvalue weighted by Gasteiger charge is 2.30. The van der Waals surface area contributed by atoms with Crippen LogP contribution in [0.15, 0.2) is 36.4 Å². The predicted molar refractivity (Wildman–Crippen MR) is 192 cm³/mol. The highest BCUT2D eigenvalue weighted by molar-refractivity contribution is 5.89. The molecule has 3 fully saturated rings. The van der Waals surface area contributed by atoms with E-state index in [0.29, 0.717) is 69.5 Å². The minimum atomic E-state index is -0.219. The summed E-state index contributed by atoms with van der Waals surface area (Å²) in [7, 11) is 1.60. The fraction of sp³-hybridized carbons (Fsp3) is 0.568. The number of piperidine rings is 1. The van der Waals surface area contributed by atoms with Crippen LogP contribution in [0.25, 0.3) is 0 Å². The molecule has 0 aliphatic carbocycles. The van der Waals surface area contributed by atoms with E-state index in [-0.39, 0.29) is 30.6 Å². The standard InChI is InChI=1S/C27H42N6O5.C10H12O2/c1-3-33(27(36)29-21-4-6-24(37-2)7-5-21)23-8-12-32(13-9-23)26(35)28-20-25(34)31-16-14-30(15-17-31)22-10-18-38-19-11-22;1-7-4-8(2)10(12-6-11)9(3)5-7/h4-7,22-23H,3,8-20H2,1-2H3,(H,28,35)(H,29,36);4-6H,1-3H3. The predicted octanol–water partition coefficient (Wildman–Crippen LogP) is 4.19. The number of methoxy groups -OCH3 is 1. The molecule has 0 unspecified atom stereocenters. The van der Waals surface area contributed by atoms with Crippen LogP contribution < -0.4 is 20.1 Å². The van der Waals surface area contributed by atoms with Gasteiger partial charge in [-0.15, -0.1) is 0 Å². The Bertz CT molecular complexity index is 1390. The average molecular weight is 695 g/mol. The maximum Gasteiger partial charge on any atom is 0.322 e. The molecule has 0 atom stereocenters. The van der Waals surface area contributed by atoms with Gasteiger partial charge in [-0.05, 0) is 88.8 Å². The zero-order valence-electron chi connectivity index (χ0n) is 30.2. The Morgan fingerprint density at radius 2 is 1.52 bits per heavy atom. The van der Waals surface area contributed by atoms with Gasteiger partial charge in [0.15, 0.2) is 0 Å². The Kier molecular flexibility index (Phi) is 14.7. The number of amides is 5. The Labute approximate surface area is 296 Å². The van der Waals surface area contributed by atoms with Crippen LogP contribution in [0.2, 0.25) is 0 Å². The zero-order valence-corrected chi connectivity index (χ0v) is 30.2. The van der Waals surface area contributed by atoms with Crippen molar-refractivity contribution in [2.24, 2.45) is 0 Å². The molecule has 5 amide bonds. The number of nitrogens with one attached hydrogen (secondary N) is 2. The summed E-state index contributed by atoms with van der Waals surface area (Å²) in [5.41, 5.74) is 3.89. The van der Waals surface area contributed by atoms with E-state index in [1.165, 1.54) is 5.56 Å². The van der Waals surface area contributed by atoms with Gasteiger partial charge in [0.2, 0.25) is 5.91 Å². The maximum absolute atomic E-state index is 12.9. The average Bonchev–Trinajstić information content (AvgIpc) is 3.13. The first-order valence-corrected chi connectivity index (χ1v) is 17.7. The number of aryl methyl sites for hydroxylation is 3. The van der Waals surface area contributed by atoms with Crippen molar-refractivity contribution in [3.8, 4) is 11.5 Å². The highest BCUT2D eigenvalue weighted by Crippen LogP contribution is 2.24. The third-order valence-electron chi connectivity index (χ3n) is 9.67. The molecule has 0 radical (unpaired) electrons. The van der Waals surface area contributed by atoms with Crippen molar-refractivity contribution in [1.29, 1.82) is 0 Å². The van der Waals surface area contributed by atoms with Gasteiger partial charge in [-0.25, -0.2) is 9.59 Å². The molecule has 2 N–H and O–H groups in total. The first-order chi connectivity index (χ1) is 24.1. The van der Waals surface area contributed by atoms with Gasteiger partial charge in [-0.1, -0.05) is 17.7 Å². The molecule has 3 heterocycles. The summed E-state index contributed by atoms with van der Waals surface area (Å²) in [4.78, 5) is 56.4. The van der Waals surface area contributed by atoms with Crippen molar-refractivity contribution < 1.29 is 33.4 Å². The summed E-state index contributed by atoms with van der Waals surface area (Å²) in [6.07, 6.45) is 3.51. The van der Waals surface area contributed by atoms with Crippen LogP contribution in [0.4, 0.5) is 15.3 Å². The monoisotopic (exact) mass is 694 g/mol. The molecular weight excluding hydrogens is 640 g/mol. The fourth-order valence-corrected chi connectivity index (χ4v) is 6.98. The lowest BCUT2D eigenvalue weighted by Gasteiger charge is -2.40. The van der Waals surface area contributed by atoms with Crippen LogP contribution in [0, 0.1) is 20.8 Å². The Morgan fingerprint density at radius 3 is 2.08 bits per heavy atom. The first-order valence-electron chi connectivity index (χ1n) is 17.7. The molecule has 0 spiro atoms. The molecule has 13 nitrogen and oxygen atoms in total. The number of hydrogen-bond donors (Lipinski definition) is 2. The van der Waals surface area contributed by atoms with Crippen molar-refractivity contribution in [2.75, 3.05) is 78.0 Å². The second kappa shape index (κ2) is 19.1. The van der Waals surface area contributed by atoms with E-state index in [9.17, 15) is 19.2 Å². The van der Waals surface area contributed by atoms with Gasteiger partial charge in [0, 0.05) is 76.8 Å². The molecule has 3 aliphatic rings. The van der Waals surface area contributed by atoms with E-state index in [1.807, 2.05) is 61.8 Å². The van der Waals surface area contributed by atoms with Crippen molar-refractivity contribution in [3.05, 3.63) is 53.1 Å². The van der Waals surface area contributed by atoms with Crippen LogP contribution in [0.5, 0.6) is 11.5 Å². The number of carbonyl (C=O) groups excluding carboxylic acids is 4. The highest BCUT2D eigenvalue weighted by atomic mass is 16.5. The third kappa shape index (κ3) is 10.8. The van der Waals surface area contributed by atoms with Crippen molar-refractivity contribution in [1.82, 2.24) is 24.9 Å². The van der Waals surface area contributed by atoms with E-state index in [2.05, 4.69) is 15.5 Å². The van der Waals surface area contributed by atoms with Crippen LogP contribution >= 0.6 is 0 Å². The smallest absolute Gasteiger partial charge is 0.322 e.